The molecule has 0 spiro atoms. The van der Waals surface area contributed by atoms with Crippen molar-refractivity contribution in [2.24, 2.45) is 5.73 Å². The molecule has 96 valence electrons. The summed E-state index contributed by atoms with van der Waals surface area (Å²) in [4.78, 5) is 4.11. The topological polar surface area (TPSA) is 29.3 Å². The Hall–Kier alpha value is -0.680. The van der Waals surface area contributed by atoms with Crippen molar-refractivity contribution < 1.29 is 0 Å². The average molecular weight is 278 g/mol. The minimum atomic E-state index is 0.360. The summed E-state index contributed by atoms with van der Waals surface area (Å²) in [5, 5.41) is 6.59. The van der Waals surface area contributed by atoms with Gasteiger partial charge in [0.1, 0.15) is 0 Å². The molecule has 0 saturated carbocycles. The summed E-state index contributed by atoms with van der Waals surface area (Å²) in [6, 6.07) is 5.32. The molecule has 2 N–H and O–H groups in total. The zero-order valence-corrected chi connectivity index (χ0v) is 12.1. The van der Waals surface area contributed by atoms with Crippen LogP contribution in [0, 0.1) is 0 Å². The number of thiophene rings is 2. The molecule has 1 aliphatic rings. The number of hydrogen-bond donors (Lipinski definition) is 1. The largest absolute Gasteiger partial charge is 0.329 e. The van der Waals surface area contributed by atoms with Gasteiger partial charge in [0.25, 0.3) is 0 Å². The van der Waals surface area contributed by atoms with Crippen molar-refractivity contribution in [3.8, 4) is 0 Å². The third kappa shape index (κ3) is 2.03. The number of nitrogens with two attached hydrogens (primary N) is 1. The molecule has 2 unspecified atom stereocenters. The second kappa shape index (κ2) is 5.13. The van der Waals surface area contributed by atoms with Gasteiger partial charge in [0.05, 0.1) is 0 Å². The van der Waals surface area contributed by atoms with Gasteiger partial charge in [-0.2, -0.15) is 11.3 Å². The number of hydrogen-bond acceptors (Lipinski definition) is 4. The van der Waals surface area contributed by atoms with E-state index in [2.05, 4.69) is 40.1 Å². The quantitative estimate of drug-likeness (QED) is 0.932. The molecule has 2 aromatic heterocycles. The lowest BCUT2D eigenvalue weighted by molar-refractivity contribution is 0.139. The zero-order valence-electron chi connectivity index (χ0n) is 10.5. The van der Waals surface area contributed by atoms with Crippen molar-refractivity contribution in [3.05, 3.63) is 44.3 Å². The molecule has 0 bridgehead atoms. The Bertz CT molecular complexity index is 504. The fraction of sp³-hybridized carbons (Fsp3) is 0.429. The zero-order chi connectivity index (χ0) is 12.5. The van der Waals surface area contributed by atoms with E-state index in [1.165, 1.54) is 11.1 Å². The van der Waals surface area contributed by atoms with Crippen molar-refractivity contribution in [3.63, 3.8) is 0 Å². The Balaban J connectivity index is 1.89. The fourth-order valence-corrected chi connectivity index (χ4v) is 4.55. The van der Waals surface area contributed by atoms with Crippen molar-refractivity contribution in [1.29, 1.82) is 0 Å². The average Bonchev–Trinajstić information content (AvgIpc) is 3.03. The van der Waals surface area contributed by atoms with Crippen LogP contribution in [-0.2, 0) is 6.42 Å². The highest BCUT2D eigenvalue weighted by Gasteiger charge is 2.30. The molecular formula is C14H18N2S2. The summed E-state index contributed by atoms with van der Waals surface area (Å²) in [5.74, 6) is 0. The van der Waals surface area contributed by atoms with Crippen molar-refractivity contribution in [2.75, 3.05) is 13.1 Å². The van der Waals surface area contributed by atoms with Crippen molar-refractivity contribution in [1.82, 2.24) is 4.90 Å². The van der Waals surface area contributed by atoms with Gasteiger partial charge in [-0.15, -0.1) is 11.3 Å². The highest BCUT2D eigenvalue weighted by molar-refractivity contribution is 7.10. The van der Waals surface area contributed by atoms with E-state index in [1.54, 1.807) is 16.2 Å². The van der Waals surface area contributed by atoms with Gasteiger partial charge in [-0.25, -0.2) is 0 Å². The maximum Gasteiger partial charge on any atom is 0.0484 e. The molecule has 0 radical (unpaired) electrons. The molecule has 3 rings (SSSR count). The van der Waals surface area contributed by atoms with Gasteiger partial charge in [-0.1, -0.05) is 0 Å². The monoisotopic (exact) mass is 278 g/mol. The SMILES string of the molecule is CC1c2ccsc2CCN1C(CN)c1ccsc1. The lowest BCUT2D eigenvalue weighted by atomic mass is 9.97. The van der Waals surface area contributed by atoms with Crippen molar-refractivity contribution >= 4 is 22.7 Å². The van der Waals surface area contributed by atoms with E-state index in [-0.39, 0.29) is 0 Å². The lowest BCUT2D eigenvalue weighted by Crippen LogP contribution is -2.39. The van der Waals surface area contributed by atoms with Gasteiger partial charge in [0.15, 0.2) is 0 Å². The van der Waals surface area contributed by atoms with Crippen LogP contribution in [0.15, 0.2) is 28.3 Å². The molecule has 1 aliphatic heterocycles. The van der Waals surface area contributed by atoms with E-state index in [0.29, 0.717) is 18.6 Å². The van der Waals surface area contributed by atoms with Gasteiger partial charge >= 0.3 is 0 Å². The molecule has 4 heteroatoms. The van der Waals surface area contributed by atoms with Gasteiger partial charge in [0, 0.05) is 30.1 Å². The molecule has 0 saturated heterocycles. The Morgan fingerprint density at radius 2 is 2.33 bits per heavy atom. The van der Waals surface area contributed by atoms with Gasteiger partial charge in [-0.3, -0.25) is 4.90 Å². The summed E-state index contributed by atoms with van der Waals surface area (Å²) in [7, 11) is 0. The molecule has 0 aliphatic carbocycles. The van der Waals surface area contributed by atoms with E-state index >= 15 is 0 Å². The first-order valence-corrected chi connectivity index (χ1v) is 8.17. The molecule has 2 atom stereocenters. The van der Waals surface area contributed by atoms with E-state index in [4.69, 9.17) is 5.73 Å². The van der Waals surface area contributed by atoms with Crippen LogP contribution in [-0.4, -0.2) is 18.0 Å². The summed E-state index contributed by atoms with van der Waals surface area (Å²) in [5.41, 5.74) is 8.89. The second-order valence-electron chi connectivity index (χ2n) is 4.77. The molecular weight excluding hydrogens is 260 g/mol. The summed E-state index contributed by atoms with van der Waals surface area (Å²) >= 11 is 3.65. The molecule has 0 aromatic carbocycles. The maximum atomic E-state index is 6.02. The third-order valence-corrected chi connectivity index (χ3v) is 5.57. The minimum Gasteiger partial charge on any atom is -0.329 e. The summed E-state index contributed by atoms with van der Waals surface area (Å²) in [6.07, 6.45) is 1.16. The van der Waals surface area contributed by atoms with Gasteiger partial charge in [-0.05, 0) is 52.7 Å². The predicted molar refractivity (Wildman–Crippen MR) is 79.3 cm³/mol. The lowest BCUT2D eigenvalue weighted by Gasteiger charge is -2.39. The molecule has 2 aromatic rings. The Labute approximate surface area is 116 Å². The van der Waals surface area contributed by atoms with E-state index in [0.717, 1.165) is 13.0 Å². The Morgan fingerprint density at radius 3 is 3.06 bits per heavy atom. The summed E-state index contributed by atoms with van der Waals surface area (Å²) < 4.78 is 0. The number of fused-ring (bicyclic) bond motifs is 1. The second-order valence-corrected chi connectivity index (χ2v) is 6.55. The molecule has 18 heavy (non-hydrogen) atoms. The molecule has 2 nitrogen and oxygen atoms in total. The third-order valence-electron chi connectivity index (χ3n) is 3.88. The van der Waals surface area contributed by atoms with E-state index in [9.17, 15) is 0 Å². The van der Waals surface area contributed by atoms with Crippen LogP contribution in [0.1, 0.15) is 35.0 Å². The van der Waals surface area contributed by atoms with Gasteiger partial charge in [0.2, 0.25) is 0 Å². The van der Waals surface area contributed by atoms with Crippen LogP contribution >= 0.6 is 22.7 Å². The molecule has 3 heterocycles. The molecule has 0 fully saturated rings. The Kier molecular flexibility index (Phi) is 3.52. The predicted octanol–water partition coefficient (Wildman–Crippen LogP) is 3.43. The van der Waals surface area contributed by atoms with Gasteiger partial charge < -0.3 is 5.73 Å². The van der Waals surface area contributed by atoms with Crippen LogP contribution in [0.4, 0.5) is 0 Å². The first kappa shape index (κ1) is 12.4. The van der Waals surface area contributed by atoms with Crippen LogP contribution in [0.5, 0.6) is 0 Å². The minimum absolute atomic E-state index is 0.360. The van der Waals surface area contributed by atoms with Crippen molar-refractivity contribution in [2.45, 2.75) is 25.4 Å². The first-order valence-electron chi connectivity index (χ1n) is 6.35. The van der Waals surface area contributed by atoms with Crippen LogP contribution in [0.2, 0.25) is 0 Å². The number of nitrogens with zero attached hydrogens (tertiary/aromatic N) is 1. The first-order chi connectivity index (χ1) is 8.81. The molecule has 0 amide bonds. The highest BCUT2D eigenvalue weighted by atomic mass is 32.1. The van der Waals surface area contributed by atoms with Crippen LogP contribution < -0.4 is 5.73 Å². The van der Waals surface area contributed by atoms with Crippen LogP contribution in [0.25, 0.3) is 0 Å². The maximum absolute atomic E-state index is 6.02. The van der Waals surface area contributed by atoms with Crippen LogP contribution in [0.3, 0.4) is 0 Å². The number of rotatable bonds is 3. The smallest absolute Gasteiger partial charge is 0.0484 e. The Morgan fingerprint density at radius 1 is 1.44 bits per heavy atom. The summed E-state index contributed by atoms with van der Waals surface area (Å²) in [6.45, 7) is 4.12. The van der Waals surface area contributed by atoms with E-state index in [1.807, 2.05) is 11.3 Å². The highest BCUT2D eigenvalue weighted by Crippen LogP contribution is 2.37. The fourth-order valence-electron chi connectivity index (χ4n) is 2.88. The normalized spacial score (nSPS) is 21.8. The van der Waals surface area contributed by atoms with E-state index < -0.39 is 0 Å². The standard InChI is InChI=1S/C14H18N2S2/c1-10-12-4-7-18-14(12)2-5-16(10)13(8-15)11-3-6-17-9-11/h3-4,6-7,9-10,13H,2,5,8,15H2,1H3.